The molecule has 146 valence electrons. The van der Waals surface area contributed by atoms with Gasteiger partial charge in [0, 0.05) is 12.5 Å². The van der Waals surface area contributed by atoms with Crippen LogP contribution in [0.4, 0.5) is 14.9 Å². The Labute approximate surface area is 160 Å². The fraction of sp³-hybridized carbons (Fsp3) is 0.263. The summed E-state index contributed by atoms with van der Waals surface area (Å²) in [6.07, 6.45) is 1.65. The number of carbonyl (C=O) groups excluding carboxylic acids is 3. The molecular weight excluding hydrogens is 367 g/mol. The third-order valence-corrected chi connectivity index (χ3v) is 4.23. The van der Waals surface area contributed by atoms with Gasteiger partial charge in [-0.2, -0.15) is 0 Å². The van der Waals surface area contributed by atoms with Crippen molar-refractivity contribution in [1.82, 2.24) is 15.2 Å². The summed E-state index contributed by atoms with van der Waals surface area (Å²) in [4.78, 5) is 41.6. The molecule has 1 saturated heterocycles. The molecule has 2 aromatic rings. The average Bonchev–Trinajstić information content (AvgIpc) is 2.94. The third-order valence-electron chi connectivity index (χ3n) is 4.23. The summed E-state index contributed by atoms with van der Waals surface area (Å²) in [5.41, 5.74) is 1.01. The van der Waals surface area contributed by atoms with Gasteiger partial charge in [-0.1, -0.05) is 12.1 Å². The number of ether oxygens (including phenoxy) is 1. The van der Waals surface area contributed by atoms with Crippen molar-refractivity contribution in [2.45, 2.75) is 25.4 Å². The molecule has 0 radical (unpaired) electrons. The summed E-state index contributed by atoms with van der Waals surface area (Å²) in [7, 11) is 1.49. The highest BCUT2D eigenvalue weighted by Gasteiger charge is 2.37. The van der Waals surface area contributed by atoms with Crippen molar-refractivity contribution in [3.63, 3.8) is 0 Å². The van der Waals surface area contributed by atoms with E-state index in [1.165, 1.54) is 31.5 Å². The second-order valence-corrected chi connectivity index (χ2v) is 6.23. The van der Waals surface area contributed by atoms with E-state index in [4.69, 9.17) is 4.74 Å². The Morgan fingerprint density at radius 1 is 1.32 bits per heavy atom. The molecule has 0 aliphatic carbocycles. The van der Waals surface area contributed by atoms with Crippen LogP contribution in [0.5, 0.6) is 5.88 Å². The number of nitrogens with zero attached hydrogens (tertiary/aromatic N) is 2. The van der Waals surface area contributed by atoms with Gasteiger partial charge in [-0.15, -0.1) is 0 Å². The van der Waals surface area contributed by atoms with Gasteiger partial charge >= 0.3 is 6.03 Å². The Morgan fingerprint density at radius 3 is 2.82 bits per heavy atom. The highest BCUT2D eigenvalue weighted by molar-refractivity contribution is 6.04. The van der Waals surface area contributed by atoms with Crippen LogP contribution in [0.2, 0.25) is 0 Å². The molecule has 9 heteroatoms. The van der Waals surface area contributed by atoms with Crippen LogP contribution in [0, 0.1) is 5.82 Å². The maximum Gasteiger partial charge on any atom is 0.325 e. The first-order valence-electron chi connectivity index (χ1n) is 8.62. The second kappa shape index (κ2) is 8.47. The topological polar surface area (TPSA) is 101 Å². The van der Waals surface area contributed by atoms with E-state index in [-0.39, 0.29) is 25.3 Å². The summed E-state index contributed by atoms with van der Waals surface area (Å²) in [6, 6.07) is 7.61. The number of benzene rings is 1. The molecule has 4 amide bonds. The van der Waals surface area contributed by atoms with Gasteiger partial charge in [0.1, 0.15) is 11.9 Å². The number of anilines is 1. The molecule has 1 aliphatic rings. The monoisotopic (exact) mass is 386 g/mol. The number of hydrogen-bond donors (Lipinski definition) is 2. The molecular formula is C19H19FN4O4. The summed E-state index contributed by atoms with van der Waals surface area (Å²) in [6.45, 7) is -0.0252. The van der Waals surface area contributed by atoms with Crippen LogP contribution in [-0.4, -0.2) is 40.9 Å². The van der Waals surface area contributed by atoms with E-state index in [0.717, 1.165) is 4.90 Å². The number of rotatable bonds is 7. The zero-order chi connectivity index (χ0) is 20.1. The molecule has 2 heterocycles. The van der Waals surface area contributed by atoms with Crippen molar-refractivity contribution < 1.29 is 23.5 Å². The van der Waals surface area contributed by atoms with Gasteiger partial charge in [-0.25, -0.2) is 14.2 Å². The smallest absolute Gasteiger partial charge is 0.325 e. The molecule has 2 N–H and O–H groups in total. The highest BCUT2D eigenvalue weighted by atomic mass is 19.1. The van der Waals surface area contributed by atoms with Crippen molar-refractivity contribution in [3.8, 4) is 5.88 Å². The molecule has 3 rings (SSSR count). The van der Waals surface area contributed by atoms with Gasteiger partial charge < -0.3 is 15.4 Å². The first-order chi connectivity index (χ1) is 13.5. The van der Waals surface area contributed by atoms with Crippen molar-refractivity contribution in [2.24, 2.45) is 0 Å². The van der Waals surface area contributed by atoms with Gasteiger partial charge in [0.05, 0.1) is 25.5 Å². The van der Waals surface area contributed by atoms with E-state index in [1.54, 1.807) is 18.2 Å². The van der Waals surface area contributed by atoms with Gasteiger partial charge in [-0.3, -0.25) is 14.5 Å². The lowest BCUT2D eigenvalue weighted by Crippen LogP contribution is -2.31. The largest absolute Gasteiger partial charge is 0.481 e. The number of carbonyl (C=O) groups is 3. The molecule has 1 unspecified atom stereocenters. The van der Waals surface area contributed by atoms with Crippen LogP contribution in [0.1, 0.15) is 18.4 Å². The standard InChI is InChI=1S/C19H19FN4O4/c1-28-17-8-5-14(10-21-17)22-16(25)7-6-15-18(26)24(19(27)23-15)11-12-3-2-4-13(20)9-12/h2-5,8-10,15H,6-7,11H2,1H3,(H,22,25)(H,23,27). The SMILES string of the molecule is COc1ccc(NC(=O)CCC2NC(=O)N(Cc3cccc(F)c3)C2=O)cn1. The van der Waals surface area contributed by atoms with Gasteiger partial charge in [0.15, 0.2) is 0 Å². The zero-order valence-electron chi connectivity index (χ0n) is 15.1. The Hall–Kier alpha value is -3.49. The lowest BCUT2D eigenvalue weighted by Gasteiger charge is -2.13. The van der Waals surface area contributed by atoms with E-state index < -0.39 is 23.8 Å². The predicted molar refractivity (Wildman–Crippen MR) is 97.9 cm³/mol. The molecule has 0 saturated carbocycles. The minimum Gasteiger partial charge on any atom is -0.481 e. The lowest BCUT2D eigenvalue weighted by molar-refractivity contribution is -0.128. The van der Waals surface area contributed by atoms with E-state index >= 15 is 0 Å². The number of amides is 4. The maximum atomic E-state index is 13.3. The van der Waals surface area contributed by atoms with Crippen LogP contribution in [0.15, 0.2) is 42.6 Å². The zero-order valence-corrected chi connectivity index (χ0v) is 15.1. The third kappa shape index (κ3) is 4.61. The van der Waals surface area contributed by atoms with Gasteiger partial charge in [0.25, 0.3) is 5.91 Å². The molecule has 0 bridgehead atoms. The van der Waals surface area contributed by atoms with Crippen LogP contribution < -0.4 is 15.4 Å². The van der Waals surface area contributed by atoms with Crippen molar-refractivity contribution in [1.29, 1.82) is 0 Å². The molecule has 8 nitrogen and oxygen atoms in total. The maximum absolute atomic E-state index is 13.3. The van der Waals surface area contributed by atoms with Crippen molar-refractivity contribution >= 4 is 23.5 Å². The number of halogens is 1. The van der Waals surface area contributed by atoms with Crippen molar-refractivity contribution in [3.05, 3.63) is 54.0 Å². The Morgan fingerprint density at radius 2 is 2.14 bits per heavy atom. The van der Waals surface area contributed by atoms with E-state index in [2.05, 4.69) is 15.6 Å². The Balaban J connectivity index is 1.52. The van der Waals surface area contributed by atoms with Crippen LogP contribution >= 0.6 is 0 Å². The first kappa shape index (κ1) is 19.3. The minimum atomic E-state index is -0.791. The number of methoxy groups -OCH3 is 1. The number of hydrogen-bond acceptors (Lipinski definition) is 5. The predicted octanol–water partition coefficient (Wildman–Crippen LogP) is 2.07. The molecule has 0 spiro atoms. The molecule has 1 aliphatic heterocycles. The number of imide groups is 1. The average molecular weight is 386 g/mol. The molecule has 28 heavy (non-hydrogen) atoms. The first-order valence-corrected chi connectivity index (χ1v) is 8.62. The number of aromatic nitrogens is 1. The van der Waals surface area contributed by atoms with Crippen LogP contribution in [0.3, 0.4) is 0 Å². The van der Waals surface area contributed by atoms with Crippen LogP contribution in [0.25, 0.3) is 0 Å². The van der Waals surface area contributed by atoms with E-state index in [1.807, 2.05) is 0 Å². The minimum absolute atomic E-state index is 0.0252. The lowest BCUT2D eigenvalue weighted by atomic mass is 10.1. The number of urea groups is 1. The summed E-state index contributed by atoms with van der Waals surface area (Å²) >= 11 is 0. The van der Waals surface area contributed by atoms with E-state index in [9.17, 15) is 18.8 Å². The number of pyridine rings is 1. The van der Waals surface area contributed by atoms with Crippen LogP contribution in [-0.2, 0) is 16.1 Å². The Kier molecular flexibility index (Phi) is 5.83. The number of nitrogens with one attached hydrogen (secondary N) is 2. The fourth-order valence-corrected chi connectivity index (χ4v) is 2.81. The Bertz CT molecular complexity index is 888. The van der Waals surface area contributed by atoms with E-state index in [0.29, 0.717) is 17.1 Å². The quantitative estimate of drug-likeness (QED) is 0.710. The molecule has 1 aromatic carbocycles. The second-order valence-electron chi connectivity index (χ2n) is 6.23. The normalized spacial score (nSPS) is 16.1. The molecule has 1 aromatic heterocycles. The molecule has 1 atom stereocenters. The summed E-state index contributed by atoms with van der Waals surface area (Å²) < 4.78 is 18.2. The highest BCUT2D eigenvalue weighted by Crippen LogP contribution is 2.17. The van der Waals surface area contributed by atoms with Gasteiger partial charge in [-0.05, 0) is 30.2 Å². The molecule has 1 fully saturated rings. The van der Waals surface area contributed by atoms with Gasteiger partial charge in [0.2, 0.25) is 11.8 Å². The fourth-order valence-electron chi connectivity index (χ4n) is 2.81. The summed E-state index contributed by atoms with van der Waals surface area (Å²) in [5.74, 6) is -0.757. The summed E-state index contributed by atoms with van der Waals surface area (Å²) in [5, 5.41) is 5.22. The van der Waals surface area contributed by atoms with Crippen molar-refractivity contribution in [2.75, 3.05) is 12.4 Å².